The van der Waals surface area contributed by atoms with Gasteiger partial charge in [-0.2, -0.15) is 0 Å². The fourth-order valence-electron chi connectivity index (χ4n) is 2.91. The summed E-state index contributed by atoms with van der Waals surface area (Å²) >= 11 is 1.54. The van der Waals surface area contributed by atoms with E-state index in [1.807, 2.05) is 23.6 Å². The third-order valence-electron chi connectivity index (χ3n) is 4.28. The van der Waals surface area contributed by atoms with E-state index in [1.54, 1.807) is 12.3 Å². The summed E-state index contributed by atoms with van der Waals surface area (Å²) < 4.78 is 5.25. The molecule has 8 heteroatoms. The highest BCUT2D eigenvalue weighted by molar-refractivity contribution is 7.13. The van der Waals surface area contributed by atoms with Gasteiger partial charge in [-0.1, -0.05) is 11.2 Å². The van der Waals surface area contributed by atoms with Crippen LogP contribution in [0.2, 0.25) is 0 Å². The van der Waals surface area contributed by atoms with E-state index in [0.717, 1.165) is 29.6 Å². The Morgan fingerprint density at radius 3 is 2.96 bits per heavy atom. The smallest absolute Gasteiger partial charge is 0.273 e. The summed E-state index contributed by atoms with van der Waals surface area (Å²) in [6.07, 6.45) is 5.34. The minimum absolute atomic E-state index is 0.263. The lowest BCUT2D eigenvalue weighted by Crippen LogP contribution is -2.31. The largest absolute Gasteiger partial charge is 0.355 e. The van der Waals surface area contributed by atoms with E-state index < -0.39 is 0 Å². The molecule has 4 heterocycles. The normalized spacial score (nSPS) is 14.4. The number of hydrogen-bond donors (Lipinski definition) is 1. The van der Waals surface area contributed by atoms with Crippen molar-refractivity contribution in [2.45, 2.75) is 25.8 Å². The number of aromatic nitrogens is 3. The molecule has 1 aliphatic heterocycles. The predicted molar refractivity (Wildman–Crippen MR) is 99.1 cm³/mol. The topological polar surface area (TPSA) is 84.2 Å². The summed E-state index contributed by atoms with van der Waals surface area (Å²) in [6, 6.07) is 7.32. The molecule has 1 amide bonds. The van der Waals surface area contributed by atoms with Crippen LogP contribution >= 0.6 is 11.3 Å². The Bertz CT molecular complexity index is 871. The second kappa shape index (κ2) is 7.65. The maximum absolute atomic E-state index is 12.3. The Balaban J connectivity index is 1.38. The number of thiophene rings is 1. The van der Waals surface area contributed by atoms with Gasteiger partial charge in [-0.05, 0) is 36.8 Å². The lowest BCUT2D eigenvalue weighted by molar-refractivity contribution is 0.0941. The van der Waals surface area contributed by atoms with E-state index >= 15 is 0 Å². The number of carbonyl (C=O) groups excluding carboxylic acids is 1. The molecule has 0 spiro atoms. The van der Waals surface area contributed by atoms with Crippen LogP contribution in [0.1, 0.15) is 35.4 Å². The summed E-state index contributed by atoms with van der Waals surface area (Å²) in [5.41, 5.74) is 1.04. The van der Waals surface area contributed by atoms with Crippen LogP contribution in [0, 0.1) is 0 Å². The van der Waals surface area contributed by atoms with E-state index in [2.05, 4.69) is 25.3 Å². The van der Waals surface area contributed by atoms with Crippen LogP contribution in [0.5, 0.6) is 0 Å². The molecule has 0 unspecified atom stereocenters. The van der Waals surface area contributed by atoms with Crippen molar-refractivity contribution in [3.63, 3.8) is 0 Å². The van der Waals surface area contributed by atoms with Crippen molar-refractivity contribution in [1.29, 1.82) is 0 Å². The molecule has 3 aromatic rings. The van der Waals surface area contributed by atoms with Crippen LogP contribution < -0.4 is 10.2 Å². The zero-order valence-electron chi connectivity index (χ0n) is 14.2. The first-order valence-electron chi connectivity index (χ1n) is 8.65. The molecule has 0 aromatic carbocycles. The molecule has 3 aromatic heterocycles. The van der Waals surface area contributed by atoms with Crippen LogP contribution in [0.4, 0.5) is 5.95 Å². The molecule has 1 saturated heterocycles. The van der Waals surface area contributed by atoms with Crippen molar-refractivity contribution < 1.29 is 9.32 Å². The van der Waals surface area contributed by atoms with Crippen molar-refractivity contribution in [3.05, 3.63) is 47.2 Å². The molecule has 0 atom stereocenters. The summed E-state index contributed by atoms with van der Waals surface area (Å²) in [5.74, 6) is 1.05. The van der Waals surface area contributed by atoms with E-state index in [0.29, 0.717) is 12.3 Å². The summed E-state index contributed by atoms with van der Waals surface area (Å²) in [7, 11) is 0. The monoisotopic (exact) mass is 369 g/mol. The predicted octanol–water partition coefficient (Wildman–Crippen LogP) is 3.11. The van der Waals surface area contributed by atoms with Gasteiger partial charge in [-0.25, -0.2) is 9.97 Å². The Morgan fingerprint density at radius 2 is 2.15 bits per heavy atom. The van der Waals surface area contributed by atoms with Gasteiger partial charge in [0.15, 0.2) is 11.5 Å². The lowest BCUT2D eigenvalue weighted by Gasteiger charge is -2.26. The van der Waals surface area contributed by atoms with Crippen LogP contribution in [0.25, 0.3) is 10.6 Å². The summed E-state index contributed by atoms with van der Waals surface area (Å²) in [6.45, 7) is 2.30. The third-order valence-corrected chi connectivity index (χ3v) is 5.16. The number of amides is 1. The number of piperidine rings is 1. The summed E-state index contributed by atoms with van der Waals surface area (Å²) in [5, 5.41) is 8.64. The Hall–Kier alpha value is -2.74. The van der Waals surface area contributed by atoms with Gasteiger partial charge in [0.1, 0.15) is 0 Å². The standard InChI is InChI=1S/C18H19N5O2S/c24-17(14-11-15(25-22-14)16-5-4-10-26-16)20-12-13-6-7-19-18(21-13)23-8-2-1-3-9-23/h4-7,10-11H,1-3,8-9,12H2,(H,20,24). The van der Waals surface area contributed by atoms with Gasteiger partial charge in [-0.15, -0.1) is 11.3 Å². The van der Waals surface area contributed by atoms with Gasteiger partial charge >= 0.3 is 0 Å². The van der Waals surface area contributed by atoms with E-state index in [4.69, 9.17) is 4.52 Å². The minimum Gasteiger partial charge on any atom is -0.355 e. The molecule has 1 aliphatic rings. The molecule has 0 saturated carbocycles. The van der Waals surface area contributed by atoms with Crippen molar-refractivity contribution in [3.8, 4) is 10.6 Å². The van der Waals surface area contributed by atoms with Gasteiger partial charge in [0.2, 0.25) is 5.95 Å². The lowest BCUT2D eigenvalue weighted by atomic mass is 10.1. The number of nitrogens with zero attached hydrogens (tertiary/aromatic N) is 4. The fraction of sp³-hybridized carbons (Fsp3) is 0.333. The SMILES string of the molecule is O=C(NCc1ccnc(N2CCCCC2)n1)c1cc(-c2cccs2)on1. The quantitative estimate of drug-likeness (QED) is 0.744. The molecule has 0 bridgehead atoms. The van der Waals surface area contributed by atoms with Crippen LogP contribution in [0.3, 0.4) is 0 Å². The zero-order chi connectivity index (χ0) is 17.8. The third kappa shape index (κ3) is 3.75. The molecular weight excluding hydrogens is 350 g/mol. The molecule has 0 aliphatic carbocycles. The zero-order valence-corrected chi connectivity index (χ0v) is 15.0. The van der Waals surface area contributed by atoms with Gasteiger partial charge in [0.05, 0.1) is 17.1 Å². The average molecular weight is 369 g/mol. The maximum Gasteiger partial charge on any atom is 0.273 e. The van der Waals surface area contributed by atoms with E-state index in [-0.39, 0.29) is 11.6 Å². The second-order valence-corrected chi connectivity index (χ2v) is 7.08. The minimum atomic E-state index is -0.283. The first-order valence-corrected chi connectivity index (χ1v) is 9.53. The van der Waals surface area contributed by atoms with Crippen LogP contribution in [0.15, 0.2) is 40.4 Å². The fourth-order valence-corrected chi connectivity index (χ4v) is 3.58. The number of anilines is 1. The Morgan fingerprint density at radius 1 is 1.27 bits per heavy atom. The highest BCUT2D eigenvalue weighted by Gasteiger charge is 2.16. The van der Waals surface area contributed by atoms with E-state index in [9.17, 15) is 4.79 Å². The van der Waals surface area contributed by atoms with Gasteiger partial charge in [0.25, 0.3) is 5.91 Å². The molecule has 26 heavy (non-hydrogen) atoms. The molecule has 134 valence electrons. The number of nitrogens with one attached hydrogen (secondary N) is 1. The van der Waals surface area contributed by atoms with Gasteiger partial charge in [-0.3, -0.25) is 4.79 Å². The van der Waals surface area contributed by atoms with Crippen LogP contribution in [-0.4, -0.2) is 34.1 Å². The van der Waals surface area contributed by atoms with Crippen molar-refractivity contribution >= 4 is 23.2 Å². The van der Waals surface area contributed by atoms with Gasteiger partial charge < -0.3 is 14.7 Å². The average Bonchev–Trinajstić information content (AvgIpc) is 3.38. The van der Waals surface area contributed by atoms with Crippen molar-refractivity contribution in [2.75, 3.05) is 18.0 Å². The van der Waals surface area contributed by atoms with Gasteiger partial charge in [0, 0.05) is 25.4 Å². The van der Waals surface area contributed by atoms with E-state index in [1.165, 1.54) is 30.6 Å². The summed E-state index contributed by atoms with van der Waals surface area (Å²) in [4.78, 5) is 24.4. The van der Waals surface area contributed by atoms with Crippen LogP contribution in [-0.2, 0) is 6.54 Å². The first-order chi connectivity index (χ1) is 12.8. The highest BCUT2D eigenvalue weighted by Crippen LogP contribution is 2.25. The molecule has 1 fully saturated rings. The molecular formula is C18H19N5O2S. The van der Waals surface area contributed by atoms with Crippen molar-refractivity contribution in [2.24, 2.45) is 0 Å². The maximum atomic E-state index is 12.3. The number of hydrogen-bond acceptors (Lipinski definition) is 7. The number of rotatable bonds is 5. The molecule has 0 radical (unpaired) electrons. The molecule has 7 nitrogen and oxygen atoms in total. The Labute approximate surface area is 155 Å². The number of carbonyl (C=O) groups is 1. The highest BCUT2D eigenvalue weighted by atomic mass is 32.1. The molecule has 1 N–H and O–H groups in total. The molecule has 4 rings (SSSR count). The van der Waals surface area contributed by atoms with Crippen molar-refractivity contribution in [1.82, 2.24) is 20.4 Å². The second-order valence-electron chi connectivity index (χ2n) is 6.13. The first kappa shape index (κ1) is 16.7. The Kier molecular flexibility index (Phi) is 4.92.